The Kier molecular flexibility index (Phi) is 7.97. The largest absolute Gasteiger partial charge is 0.379 e. The van der Waals surface area contributed by atoms with E-state index < -0.39 is 0 Å². The second kappa shape index (κ2) is 9.74. The second-order valence-electron chi connectivity index (χ2n) is 8.01. The molecule has 2 rings (SSSR count). The van der Waals surface area contributed by atoms with Crippen LogP contribution in [0.3, 0.4) is 0 Å². The highest BCUT2D eigenvalue weighted by molar-refractivity contribution is 5.80. The van der Waals surface area contributed by atoms with E-state index in [2.05, 4.69) is 62.0 Å². The molecular formula is C19H39N5O. The fourth-order valence-corrected chi connectivity index (χ4v) is 3.83. The van der Waals surface area contributed by atoms with Gasteiger partial charge in [0, 0.05) is 50.3 Å². The average molecular weight is 354 g/mol. The van der Waals surface area contributed by atoms with E-state index in [1.54, 1.807) is 0 Å². The van der Waals surface area contributed by atoms with Crippen LogP contribution in [0.4, 0.5) is 0 Å². The van der Waals surface area contributed by atoms with E-state index in [0.717, 1.165) is 51.9 Å². The number of hydrogen-bond donors (Lipinski definition) is 2. The molecule has 4 unspecified atom stereocenters. The lowest BCUT2D eigenvalue weighted by atomic mass is 10.1. The molecule has 2 aliphatic heterocycles. The van der Waals surface area contributed by atoms with Gasteiger partial charge < -0.3 is 15.4 Å². The Morgan fingerprint density at radius 1 is 1.24 bits per heavy atom. The van der Waals surface area contributed by atoms with E-state index in [9.17, 15) is 0 Å². The zero-order valence-corrected chi connectivity index (χ0v) is 17.1. The van der Waals surface area contributed by atoms with Crippen LogP contribution >= 0.6 is 0 Å². The Morgan fingerprint density at radius 3 is 2.60 bits per heavy atom. The highest BCUT2D eigenvalue weighted by atomic mass is 16.5. The zero-order valence-electron chi connectivity index (χ0n) is 17.1. The van der Waals surface area contributed by atoms with Gasteiger partial charge in [-0.2, -0.15) is 0 Å². The van der Waals surface area contributed by atoms with Crippen molar-refractivity contribution in [1.29, 1.82) is 0 Å². The summed E-state index contributed by atoms with van der Waals surface area (Å²) < 4.78 is 5.55. The average Bonchev–Trinajstić information content (AvgIpc) is 2.94. The third kappa shape index (κ3) is 5.83. The number of ether oxygens (including phenoxy) is 1. The third-order valence-corrected chi connectivity index (χ3v) is 5.54. The molecule has 0 radical (unpaired) electrons. The lowest BCUT2D eigenvalue weighted by molar-refractivity contribution is -0.0165. The van der Waals surface area contributed by atoms with Gasteiger partial charge in [-0.15, -0.1) is 0 Å². The van der Waals surface area contributed by atoms with Crippen molar-refractivity contribution in [1.82, 2.24) is 20.4 Å². The molecule has 2 aliphatic rings. The van der Waals surface area contributed by atoms with Crippen molar-refractivity contribution in [2.75, 3.05) is 45.9 Å². The maximum absolute atomic E-state index is 5.55. The molecule has 0 aromatic carbocycles. The van der Waals surface area contributed by atoms with Crippen molar-refractivity contribution in [3.05, 3.63) is 0 Å². The maximum atomic E-state index is 5.55. The van der Waals surface area contributed by atoms with Crippen LogP contribution < -0.4 is 10.6 Å². The standard InChI is InChI=1S/C19H39N5O/c1-7-20-19(22-18-12-23(14(2)3)11-15(18)4)21-10-16(5)24-8-9-25-13-17(24)6/h14-18H,7-13H2,1-6H3,(H2,20,21,22). The first-order valence-corrected chi connectivity index (χ1v) is 10.0. The number of nitrogens with zero attached hydrogens (tertiary/aromatic N) is 3. The first-order chi connectivity index (χ1) is 11.9. The number of guanidine groups is 1. The molecule has 25 heavy (non-hydrogen) atoms. The molecule has 0 aliphatic carbocycles. The van der Waals surface area contributed by atoms with Crippen LogP contribution in [0.1, 0.15) is 41.5 Å². The summed E-state index contributed by atoms with van der Waals surface area (Å²) in [6.45, 7) is 20.2. The van der Waals surface area contributed by atoms with Crippen LogP contribution in [-0.4, -0.2) is 85.9 Å². The summed E-state index contributed by atoms with van der Waals surface area (Å²) in [5.41, 5.74) is 0. The fraction of sp³-hybridized carbons (Fsp3) is 0.947. The number of morpholine rings is 1. The maximum Gasteiger partial charge on any atom is 0.191 e. The molecule has 2 N–H and O–H groups in total. The van der Waals surface area contributed by atoms with E-state index in [1.807, 2.05) is 0 Å². The van der Waals surface area contributed by atoms with Crippen LogP contribution in [0.2, 0.25) is 0 Å². The molecule has 0 saturated carbocycles. The Labute approximate surface area is 154 Å². The molecule has 4 atom stereocenters. The topological polar surface area (TPSA) is 52.1 Å². The molecule has 0 aromatic rings. The van der Waals surface area contributed by atoms with E-state index in [1.165, 1.54) is 0 Å². The van der Waals surface area contributed by atoms with Gasteiger partial charge in [-0.1, -0.05) is 6.92 Å². The third-order valence-electron chi connectivity index (χ3n) is 5.54. The minimum atomic E-state index is 0.433. The predicted octanol–water partition coefficient (Wildman–Crippen LogP) is 1.38. The fourth-order valence-electron chi connectivity index (χ4n) is 3.83. The highest BCUT2D eigenvalue weighted by Gasteiger charge is 2.31. The second-order valence-corrected chi connectivity index (χ2v) is 8.01. The van der Waals surface area contributed by atoms with E-state index >= 15 is 0 Å². The van der Waals surface area contributed by atoms with Crippen molar-refractivity contribution in [2.24, 2.45) is 10.9 Å². The molecule has 0 amide bonds. The van der Waals surface area contributed by atoms with Crippen molar-refractivity contribution in [3.8, 4) is 0 Å². The minimum absolute atomic E-state index is 0.433. The molecular weight excluding hydrogens is 314 g/mol. The number of rotatable bonds is 6. The van der Waals surface area contributed by atoms with Gasteiger partial charge in [0.15, 0.2) is 5.96 Å². The lowest BCUT2D eigenvalue weighted by Crippen LogP contribution is -2.50. The van der Waals surface area contributed by atoms with Crippen LogP contribution in [0, 0.1) is 5.92 Å². The van der Waals surface area contributed by atoms with Gasteiger partial charge in [0.05, 0.1) is 19.8 Å². The lowest BCUT2D eigenvalue weighted by Gasteiger charge is -2.37. The van der Waals surface area contributed by atoms with Crippen LogP contribution in [0.5, 0.6) is 0 Å². The SMILES string of the molecule is CCNC(=NCC(C)N1CCOCC1C)NC1CN(C(C)C)CC1C. The molecule has 6 heteroatoms. The number of hydrogen-bond acceptors (Lipinski definition) is 4. The van der Waals surface area contributed by atoms with Crippen molar-refractivity contribution >= 4 is 5.96 Å². The molecule has 2 saturated heterocycles. The van der Waals surface area contributed by atoms with Crippen molar-refractivity contribution in [3.63, 3.8) is 0 Å². The molecule has 2 heterocycles. The summed E-state index contributed by atoms with van der Waals surface area (Å²) in [5.74, 6) is 1.60. The zero-order chi connectivity index (χ0) is 18.4. The van der Waals surface area contributed by atoms with Gasteiger partial charge >= 0.3 is 0 Å². The summed E-state index contributed by atoms with van der Waals surface area (Å²) in [7, 11) is 0. The Balaban J connectivity index is 1.91. The highest BCUT2D eigenvalue weighted by Crippen LogP contribution is 2.18. The van der Waals surface area contributed by atoms with E-state index in [0.29, 0.717) is 30.1 Å². The van der Waals surface area contributed by atoms with Crippen LogP contribution in [0.25, 0.3) is 0 Å². The summed E-state index contributed by atoms with van der Waals surface area (Å²) >= 11 is 0. The Bertz CT molecular complexity index is 428. The van der Waals surface area contributed by atoms with Gasteiger partial charge in [0.2, 0.25) is 0 Å². The van der Waals surface area contributed by atoms with E-state index in [4.69, 9.17) is 9.73 Å². The van der Waals surface area contributed by atoms with Crippen molar-refractivity contribution < 1.29 is 4.74 Å². The van der Waals surface area contributed by atoms with Gasteiger partial charge in [-0.25, -0.2) is 0 Å². The van der Waals surface area contributed by atoms with Gasteiger partial charge in [0.1, 0.15) is 0 Å². The van der Waals surface area contributed by atoms with Gasteiger partial charge in [0.25, 0.3) is 0 Å². The van der Waals surface area contributed by atoms with Gasteiger partial charge in [-0.05, 0) is 40.5 Å². The van der Waals surface area contributed by atoms with Crippen LogP contribution in [0.15, 0.2) is 4.99 Å². The molecule has 2 fully saturated rings. The Hall–Kier alpha value is -0.850. The van der Waals surface area contributed by atoms with Gasteiger partial charge in [-0.3, -0.25) is 14.8 Å². The Morgan fingerprint density at radius 2 is 2.00 bits per heavy atom. The number of likely N-dealkylation sites (tertiary alicyclic amines) is 1. The first kappa shape index (κ1) is 20.5. The first-order valence-electron chi connectivity index (χ1n) is 10.0. The minimum Gasteiger partial charge on any atom is -0.379 e. The molecule has 146 valence electrons. The van der Waals surface area contributed by atoms with Crippen LogP contribution in [-0.2, 0) is 4.74 Å². The van der Waals surface area contributed by atoms with Crippen molar-refractivity contribution in [2.45, 2.75) is 65.7 Å². The summed E-state index contributed by atoms with van der Waals surface area (Å²) in [6.07, 6.45) is 0. The molecule has 0 spiro atoms. The summed E-state index contributed by atoms with van der Waals surface area (Å²) in [6, 6.07) is 1.99. The number of aliphatic imine (C=N–C) groups is 1. The quantitative estimate of drug-likeness (QED) is 0.558. The molecule has 0 aromatic heterocycles. The summed E-state index contributed by atoms with van der Waals surface area (Å²) in [5, 5.41) is 7.10. The predicted molar refractivity (Wildman–Crippen MR) is 105 cm³/mol. The normalized spacial score (nSPS) is 30.7. The smallest absolute Gasteiger partial charge is 0.191 e. The molecule has 0 bridgehead atoms. The van der Waals surface area contributed by atoms with E-state index in [-0.39, 0.29) is 0 Å². The summed E-state index contributed by atoms with van der Waals surface area (Å²) in [4.78, 5) is 9.94. The number of nitrogens with one attached hydrogen (secondary N) is 2. The monoisotopic (exact) mass is 353 g/mol. The molecule has 6 nitrogen and oxygen atoms in total.